The number of hydrogen-bond donors (Lipinski definition) is 1. The third-order valence-electron chi connectivity index (χ3n) is 3.77. The molecule has 0 saturated carbocycles. The number of carbonyl (C=O) groups excluding carboxylic acids is 1. The Bertz CT molecular complexity index is 875. The Hall–Kier alpha value is -2.86. The zero-order chi connectivity index (χ0) is 18.0. The van der Waals surface area contributed by atoms with Crippen LogP contribution in [0.15, 0.2) is 46.9 Å². The van der Waals surface area contributed by atoms with E-state index in [1.807, 2.05) is 69.2 Å². The van der Waals surface area contributed by atoms with Gasteiger partial charge < -0.3 is 14.6 Å². The molecule has 6 nitrogen and oxygen atoms in total. The van der Waals surface area contributed by atoms with Crippen molar-refractivity contribution in [2.24, 2.45) is 0 Å². The lowest BCUT2D eigenvalue weighted by Crippen LogP contribution is -2.12. The molecule has 0 bridgehead atoms. The highest BCUT2D eigenvalue weighted by atomic mass is 16.4. The maximum atomic E-state index is 12.3. The van der Waals surface area contributed by atoms with Crippen LogP contribution in [-0.2, 0) is 6.54 Å². The summed E-state index contributed by atoms with van der Waals surface area (Å²) in [5, 5.41) is 7.25. The number of nitrogens with zero attached hydrogens (tertiary/aromatic N) is 3. The van der Waals surface area contributed by atoms with Crippen LogP contribution < -0.4 is 5.32 Å². The number of benzene rings is 1. The van der Waals surface area contributed by atoms with Gasteiger partial charge in [-0.3, -0.25) is 4.79 Å². The fourth-order valence-corrected chi connectivity index (χ4v) is 2.56. The predicted octanol–water partition coefficient (Wildman–Crippen LogP) is 3.40. The van der Waals surface area contributed by atoms with E-state index in [-0.39, 0.29) is 11.7 Å². The Morgan fingerprint density at radius 1 is 1.16 bits per heavy atom. The Morgan fingerprint density at radius 2 is 1.88 bits per heavy atom. The van der Waals surface area contributed by atoms with Crippen LogP contribution in [0.1, 0.15) is 27.6 Å². The average molecular weight is 338 g/mol. The number of aryl methyl sites for hydroxylation is 2. The molecule has 3 rings (SSSR count). The molecule has 1 aromatic carbocycles. The maximum Gasteiger partial charge on any atom is 0.292 e. The van der Waals surface area contributed by atoms with Crippen LogP contribution in [0.25, 0.3) is 5.69 Å². The third-order valence-corrected chi connectivity index (χ3v) is 3.77. The van der Waals surface area contributed by atoms with Crippen LogP contribution in [0.4, 0.5) is 5.82 Å². The molecule has 0 atom stereocenters. The molecule has 2 heterocycles. The number of aromatic nitrogens is 2. The normalized spacial score (nSPS) is 11.1. The fourth-order valence-electron chi connectivity index (χ4n) is 2.56. The first-order valence-electron chi connectivity index (χ1n) is 8.11. The minimum Gasteiger partial charge on any atom is -0.455 e. The number of anilines is 1. The van der Waals surface area contributed by atoms with E-state index in [0.29, 0.717) is 12.4 Å². The molecule has 1 N–H and O–H groups in total. The highest BCUT2D eigenvalue weighted by Gasteiger charge is 2.14. The van der Waals surface area contributed by atoms with Crippen molar-refractivity contribution in [3.63, 3.8) is 0 Å². The van der Waals surface area contributed by atoms with E-state index in [1.165, 1.54) is 5.56 Å². The molecule has 0 fully saturated rings. The zero-order valence-corrected chi connectivity index (χ0v) is 14.9. The standard InChI is InChI=1S/C19H22N4O2/c1-13-5-7-15(8-6-13)23-14(2)11-18(21-23)20-19(24)17-10-9-16(25-17)12-22(3)4/h5-11H,12H2,1-4H3,(H,20,21,24). The Labute approximate surface area is 147 Å². The first-order chi connectivity index (χ1) is 11.9. The fraction of sp³-hybridized carbons (Fsp3) is 0.263. The van der Waals surface area contributed by atoms with Crippen LogP contribution in [0.2, 0.25) is 0 Å². The quantitative estimate of drug-likeness (QED) is 0.774. The topological polar surface area (TPSA) is 63.3 Å². The minimum atomic E-state index is -0.307. The molecule has 0 aliphatic heterocycles. The van der Waals surface area contributed by atoms with Crippen molar-refractivity contribution in [2.45, 2.75) is 20.4 Å². The van der Waals surface area contributed by atoms with Crippen LogP contribution in [0.3, 0.4) is 0 Å². The first kappa shape index (κ1) is 17.0. The second-order valence-electron chi connectivity index (χ2n) is 6.38. The smallest absolute Gasteiger partial charge is 0.292 e. The van der Waals surface area contributed by atoms with Gasteiger partial charge in [0.05, 0.1) is 12.2 Å². The second-order valence-corrected chi connectivity index (χ2v) is 6.38. The Kier molecular flexibility index (Phi) is 4.72. The molecule has 0 radical (unpaired) electrons. The number of rotatable bonds is 5. The summed E-state index contributed by atoms with van der Waals surface area (Å²) in [4.78, 5) is 14.3. The van der Waals surface area contributed by atoms with Crippen molar-refractivity contribution in [3.8, 4) is 5.69 Å². The lowest BCUT2D eigenvalue weighted by molar-refractivity contribution is 0.0993. The number of carbonyl (C=O) groups is 1. The van der Waals surface area contributed by atoms with Gasteiger partial charge >= 0.3 is 0 Å². The highest BCUT2D eigenvalue weighted by molar-refractivity contribution is 6.01. The van der Waals surface area contributed by atoms with Crippen molar-refractivity contribution in [3.05, 3.63) is 65.2 Å². The predicted molar refractivity (Wildman–Crippen MR) is 97.1 cm³/mol. The molecule has 0 saturated heterocycles. The van der Waals surface area contributed by atoms with Gasteiger partial charge in [-0.25, -0.2) is 4.68 Å². The van der Waals surface area contributed by atoms with Gasteiger partial charge in [-0.05, 0) is 52.2 Å². The van der Waals surface area contributed by atoms with E-state index in [0.717, 1.165) is 17.1 Å². The van der Waals surface area contributed by atoms with Gasteiger partial charge in [0, 0.05) is 11.8 Å². The first-order valence-corrected chi connectivity index (χ1v) is 8.11. The van der Waals surface area contributed by atoms with Gasteiger partial charge in [0.2, 0.25) is 0 Å². The Morgan fingerprint density at radius 3 is 2.56 bits per heavy atom. The zero-order valence-electron chi connectivity index (χ0n) is 14.9. The van der Waals surface area contributed by atoms with Gasteiger partial charge in [0.25, 0.3) is 5.91 Å². The summed E-state index contributed by atoms with van der Waals surface area (Å²) in [5.41, 5.74) is 3.08. The minimum absolute atomic E-state index is 0.277. The van der Waals surface area contributed by atoms with E-state index in [1.54, 1.807) is 10.7 Å². The summed E-state index contributed by atoms with van der Waals surface area (Å²) < 4.78 is 7.38. The van der Waals surface area contributed by atoms with E-state index in [4.69, 9.17) is 4.42 Å². The molecular formula is C19H22N4O2. The third kappa shape index (κ3) is 3.97. The molecule has 2 aromatic heterocycles. The molecule has 0 aliphatic carbocycles. The number of nitrogens with one attached hydrogen (secondary N) is 1. The lowest BCUT2D eigenvalue weighted by Gasteiger charge is -2.05. The average Bonchev–Trinajstić information content (AvgIpc) is 3.14. The maximum absolute atomic E-state index is 12.3. The van der Waals surface area contributed by atoms with Crippen molar-refractivity contribution >= 4 is 11.7 Å². The van der Waals surface area contributed by atoms with Crippen molar-refractivity contribution < 1.29 is 9.21 Å². The van der Waals surface area contributed by atoms with Crippen molar-refractivity contribution in [2.75, 3.05) is 19.4 Å². The number of furan rings is 1. The number of amides is 1. The lowest BCUT2D eigenvalue weighted by atomic mass is 10.2. The summed E-state index contributed by atoms with van der Waals surface area (Å²) in [6, 6.07) is 13.4. The van der Waals surface area contributed by atoms with Crippen LogP contribution >= 0.6 is 0 Å². The Balaban J connectivity index is 1.75. The van der Waals surface area contributed by atoms with Gasteiger partial charge in [-0.15, -0.1) is 5.10 Å². The molecule has 1 amide bonds. The van der Waals surface area contributed by atoms with Crippen molar-refractivity contribution in [1.29, 1.82) is 0 Å². The second kappa shape index (κ2) is 6.94. The highest BCUT2D eigenvalue weighted by Crippen LogP contribution is 2.17. The summed E-state index contributed by atoms with van der Waals surface area (Å²) >= 11 is 0. The molecular weight excluding hydrogens is 316 g/mol. The molecule has 6 heteroatoms. The van der Waals surface area contributed by atoms with Crippen LogP contribution in [-0.4, -0.2) is 34.7 Å². The molecule has 0 spiro atoms. The summed E-state index contributed by atoms with van der Waals surface area (Å²) in [6.45, 7) is 4.64. The molecule has 0 unspecified atom stereocenters. The molecule has 130 valence electrons. The monoisotopic (exact) mass is 338 g/mol. The van der Waals surface area contributed by atoms with Gasteiger partial charge in [0.15, 0.2) is 11.6 Å². The molecule has 0 aliphatic rings. The van der Waals surface area contributed by atoms with E-state index < -0.39 is 0 Å². The van der Waals surface area contributed by atoms with E-state index in [9.17, 15) is 4.79 Å². The number of hydrogen-bond acceptors (Lipinski definition) is 4. The summed E-state index contributed by atoms with van der Waals surface area (Å²) in [7, 11) is 3.89. The van der Waals surface area contributed by atoms with Gasteiger partial charge in [0.1, 0.15) is 5.76 Å². The van der Waals surface area contributed by atoms with Gasteiger partial charge in [-0.2, -0.15) is 0 Å². The van der Waals surface area contributed by atoms with Crippen LogP contribution in [0, 0.1) is 13.8 Å². The van der Waals surface area contributed by atoms with Gasteiger partial charge in [-0.1, -0.05) is 17.7 Å². The van der Waals surface area contributed by atoms with Crippen LogP contribution in [0.5, 0.6) is 0 Å². The summed E-state index contributed by atoms with van der Waals surface area (Å²) in [6.07, 6.45) is 0. The molecule has 25 heavy (non-hydrogen) atoms. The van der Waals surface area contributed by atoms with E-state index in [2.05, 4.69) is 10.4 Å². The molecule has 3 aromatic rings. The SMILES string of the molecule is Cc1ccc(-n2nc(NC(=O)c3ccc(CN(C)C)o3)cc2C)cc1. The van der Waals surface area contributed by atoms with Crippen molar-refractivity contribution in [1.82, 2.24) is 14.7 Å². The van der Waals surface area contributed by atoms with E-state index >= 15 is 0 Å². The summed E-state index contributed by atoms with van der Waals surface area (Å²) in [5.74, 6) is 1.21. The largest absolute Gasteiger partial charge is 0.455 e.